The number of carbonyl (C=O) groups excluding carboxylic acids is 2. The molecule has 1 fully saturated rings. The molecule has 2 aliphatic rings. The maximum atomic E-state index is 13.6. The standard InChI is InChI=1S/C32H32Cl2F3N3O2/c33-23-12-11-22(28(34)20-23)19-29(41)40-17-15-39(16-18-40)14-6-5-13-31(30(42)38-21-32(35,36)37)26-9-3-1-7-24(26)25-8-2-4-10-27(25)31/h1-4,7-12,20H,5-6,13-19,21H2,(H,38,42). The Bertz CT molecular complexity index is 1410. The fourth-order valence-corrected chi connectivity index (χ4v) is 6.65. The van der Waals surface area contributed by atoms with Crippen LogP contribution in [0.1, 0.15) is 36.0 Å². The number of hydrogen-bond donors (Lipinski definition) is 1. The highest BCUT2D eigenvalue weighted by Gasteiger charge is 2.49. The molecule has 0 radical (unpaired) electrons. The van der Waals surface area contributed by atoms with Crippen molar-refractivity contribution in [3.05, 3.63) is 93.5 Å². The maximum Gasteiger partial charge on any atom is 0.405 e. The van der Waals surface area contributed by atoms with Gasteiger partial charge in [0.2, 0.25) is 11.8 Å². The second-order valence-corrected chi connectivity index (χ2v) is 11.7. The van der Waals surface area contributed by atoms with Crippen LogP contribution >= 0.6 is 23.2 Å². The molecule has 1 aliphatic heterocycles. The molecule has 2 amide bonds. The van der Waals surface area contributed by atoms with Gasteiger partial charge in [0.15, 0.2) is 0 Å². The van der Waals surface area contributed by atoms with E-state index in [1.807, 2.05) is 53.4 Å². The van der Waals surface area contributed by atoms with E-state index in [0.717, 1.165) is 53.9 Å². The van der Waals surface area contributed by atoms with E-state index in [2.05, 4.69) is 10.2 Å². The molecule has 0 spiro atoms. The molecule has 1 saturated heterocycles. The molecule has 0 bridgehead atoms. The van der Waals surface area contributed by atoms with Gasteiger partial charge in [-0.1, -0.05) is 84.2 Å². The van der Waals surface area contributed by atoms with Gasteiger partial charge >= 0.3 is 6.18 Å². The summed E-state index contributed by atoms with van der Waals surface area (Å²) in [6, 6.07) is 20.1. The van der Waals surface area contributed by atoms with Crippen molar-refractivity contribution in [3.8, 4) is 11.1 Å². The predicted molar refractivity (Wildman–Crippen MR) is 159 cm³/mol. The Morgan fingerprint density at radius 2 is 1.48 bits per heavy atom. The number of hydrogen-bond acceptors (Lipinski definition) is 3. The molecule has 10 heteroatoms. The summed E-state index contributed by atoms with van der Waals surface area (Å²) in [6.45, 7) is 2.06. The van der Waals surface area contributed by atoms with E-state index in [4.69, 9.17) is 23.2 Å². The van der Waals surface area contributed by atoms with Crippen molar-refractivity contribution in [1.82, 2.24) is 15.1 Å². The van der Waals surface area contributed by atoms with Gasteiger partial charge in [0.25, 0.3) is 0 Å². The highest BCUT2D eigenvalue weighted by molar-refractivity contribution is 6.35. The summed E-state index contributed by atoms with van der Waals surface area (Å²) in [5, 5.41) is 3.20. The normalized spacial score (nSPS) is 16.2. The molecule has 1 heterocycles. The molecule has 3 aromatic rings. The molecule has 5 rings (SSSR count). The van der Waals surface area contributed by atoms with Gasteiger partial charge in [-0.3, -0.25) is 14.5 Å². The van der Waals surface area contributed by atoms with Crippen molar-refractivity contribution in [1.29, 1.82) is 0 Å². The number of benzene rings is 3. The average Bonchev–Trinajstić information content (AvgIpc) is 3.26. The Morgan fingerprint density at radius 3 is 2.07 bits per heavy atom. The van der Waals surface area contributed by atoms with Crippen LogP contribution in [-0.2, 0) is 21.4 Å². The van der Waals surface area contributed by atoms with Gasteiger partial charge in [-0.2, -0.15) is 13.2 Å². The zero-order chi connectivity index (χ0) is 29.9. The molecule has 0 atom stereocenters. The van der Waals surface area contributed by atoms with E-state index in [9.17, 15) is 22.8 Å². The number of alkyl halides is 3. The van der Waals surface area contributed by atoms with Crippen LogP contribution in [0.15, 0.2) is 66.7 Å². The van der Waals surface area contributed by atoms with Crippen LogP contribution in [0.25, 0.3) is 11.1 Å². The lowest BCUT2D eigenvalue weighted by atomic mass is 9.73. The Labute approximate surface area is 253 Å². The van der Waals surface area contributed by atoms with Gasteiger partial charge in [0, 0.05) is 36.2 Å². The summed E-state index contributed by atoms with van der Waals surface area (Å²) < 4.78 is 39.3. The lowest BCUT2D eigenvalue weighted by Crippen LogP contribution is -2.49. The number of carbonyl (C=O) groups is 2. The number of fused-ring (bicyclic) bond motifs is 3. The minimum absolute atomic E-state index is 0.0178. The van der Waals surface area contributed by atoms with Crippen molar-refractivity contribution < 1.29 is 22.8 Å². The van der Waals surface area contributed by atoms with Gasteiger partial charge in [-0.25, -0.2) is 0 Å². The van der Waals surface area contributed by atoms with Gasteiger partial charge < -0.3 is 10.2 Å². The van der Waals surface area contributed by atoms with Crippen LogP contribution in [0.5, 0.6) is 0 Å². The van der Waals surface area contributed by atoms with E-state index in [1.165, 1.54) is 0 Å². The summed E-state index contributed by atoms with van der Waals surface area (Å²) in [5.74, 6) is -0.602. The highest BCUT2D eigenvalue weighted by Crippen LogP contribution is 2.51. The number of nitrogens with one attached hydrogen (secondary N) is 1. The van der Waals surface area contributed by atoms with Crippen molar-refractivity contribution in [2.45, 2.75) is 37.3 Å². The van der Waals surface area contributed by atoms with Crippen molar-refractivity contribution in [2.24, 2.45) is 0 Å². The molecule has 0 unspecified atom stereocenters. The first kappa shape index (κ1) is 30.4. The number of amides is 2. The third-order valence-electron chi connectivity index (χ3n) is 8.26. The Hall–Kier alpha value is -3.07. The fourth-order valence-electron chi connectivity index (χ4n) is 6.17. The summed E-state index contributed by atoms with van der Waals surface area (Å²) in [7, 11) is 0. The molecule has 0 aromatic heterocycles. The maximum absolute atomic E-state index is 13.6. The quantitative estimate of drug-likeness (QED) is 0.279. The van der Waals surface area contributed by atoms with Crippen LogP contribution in [0.3, 0.4) is 0 Å². The largest absolute Gasteiger partial charge is 0.405 e. The van der Waals surface area contributed by atoms with Crippen LogP contribution in [-0.4, -0.2) is 67.1 Å². The number of unbranched alkanes of at least 4 members (excludes halogenated alkanes) is 1. The van der Waals surface area contributed by atoms with E-state index in [0.29, 0.717) is 36.0 Å². The highest BCUT2D eigenvalue weighted by atomic mass is 35.5. The van der Waals surface area contributed by atoms with Crippen LogP contribution in [0, 0.1) is 0 Å². The summed E-state index contributed by atoms with van der Waals surface area (Å²) in [5.41, 5.74) is 2.83. The predicted octanol–water partition coefficient (Wildman–Crippen LogP) is 6.50. The first-order valence-electron chi connectivity index (χ1n) is 14.1. The molecule has 42 heavy (non-hydrogen) atoms. The van der Waals surface area contributed by atoms with E-state index in [1.54, 1.807) is 18.2 Å². The summed E-state index contributed by atoms with van der Waals surface area (Å²) in [6.07, 6.45) is -2.47. The lowest BCUT2D eigenvalue weighted by molar-refractivity contribution is -0.141. The van der Waals surface area contributed by atoms with E-state index in [-0.39, 0.29) is 12.3 Å². The molecule has 222 valence electrons. The first-order chi connectivity index (χ1) is 20.1. The topological polar surface area (TPSA) is 52.7 Å². The average molecular weight is 619 g/mol. The summed E-state index contributed by atoms with van der Waals surface area (Å²) in [4.78, 5) is 30.6. The second-order valence-electron chi connectivity index (χ2n) is 10.9. The van der Waals surface area contributed by atoms with Gasteiger partial charge in [0.1, 0.15) is 12.0 Å². The second kappa shape index (κ2) is 12.7. The molecule has 0 saturated carbocycles. The minimum Gasteiger partial charge on any atom is -0.346 e. The SMILES string of the molecule is O=C(Cc1ccc(Cl)cc1Cl)N1CCN(CCCCC2(C(=O)NCC(F)(F)F)c3ccccc3-c3ccccc32)CC1. The molecule has 1 N–H and O–H groups in total. The fraction of sp³-hybridized carbons (Fsp3) is 0.375. The number of halogens is 5. The van der Waals surface area contributed by atoms with E-state index >= 15 is 0 Å². The van der Waals surface area contributed by atoms with Crippen molar-refractivity contribution in [2.75, 3.05) is 39.3 Å². The lowest BCUT2D eigenvalue weighted by Gasteiger charge is -2.35. The number of rotatable bonds is 9. The van der Waals surface area contributed by atoms with Crippen LogP contribution in [0.2, 0.25) is 10.0 Å². The third-order valence-corrected chi connectivity index (χ3v) is 8.85. The Kier molecular flexibility index (Phi) is 9.16. The van der Waals surface area contributed by atoms with Gasteiger partial charge in [0.05, 0.1) is 6.42 Å². The van der Waals surface area contributed by atoms with Crippen molar-refractivity contribution in [3.63, 3.8) is 0 Å². The van der Waals surface area contributed by atoms with Gasteiger partial charge in [-0.15, -0.1) is 0 Å². The molecule has 3 aromatic carbocycles. The zero-order valence-electron chi connectivity index (χ0n) is 23.0. The molecule has 5 nitrogen and oxygen atoms in total. The number of piperazine rings is 1. The zero-order valence-corrected chi connectivity index (χ0v) is 24.5. The number of nitrogens with zero attached hydrogens (tertiary/aromatic N) is 2. The van der Waals surface area contributed by atoms with E-state index < -0.39 is 24.0 Å². The smallest absolute Gasteiger partial charge is 0.346 e. The Balaban J connectivity index is 1.20. The van der Waals surface area contributed by atoms with Crippen LogP contribution in [0.4, 0.5) is 13.2 Å². The van der Waals surface area contributed by atoms with Gasteiger partial charge in [-0.05, 0) is 59.3 Å². The van der Waals surface area contributed by atoms with Crippen molar-refractivity contribution >= 4 is 35.0 Å². The Morgan fingerprint density at radius 1 is 0.857 bits per heavy atom. The summed E-state index contributed by atoms with van der Waals surface area (Å²) >= 11 is 12.2. The first-order valence-corrected chi connectivity index (χ1v) is 14.8. The molecule has 1 aliphatic carbocycles. The molecular formula is C32H32Cl2F3N3O2. The monoisotopic (exact) mass is 617 g/mol. The van der Waals surface area contributed by atoms with Crippen LogP contribution < -0.4 is 5.32 Å². The molecular weight excluding hydrogens is 586 g/mol. The minimum atomic E-state index is -4.50. The third kappa shape index (κ3) is 6.46.